The molecule has 6 nitrogen and oxygen atoms in total. The quantitative estimate of drug-likeness (QED) is 0.833. The Balaban J connectivity index is 2.32. The van der Waals surface area contributed by atoms with Crippen LogP contribution in [0.3, 0.4) is 0 Å². The van der Waals surface area contributed by atoms with Crippen LogP contribution in [-0.2, 0) is 10.0 Å². The molecule has 8 heteroatoms. The summed E-state index contributed by atoms with van der Waals surface area (Å²) in [5.74, 6) is -1.18. The van der Waals surface area contributed by atoms with Gasteiger partial charge >= 0.3 is 0 Å². The second-order valence-electron chi connectivity index (χ2n) is 4.96. The van der Waals surface area contributed by atoms with Gasteiger partial charge in [0.15, 0.2) is 0 Å². The third-order valence-corrected chi connectivity index (χ3v) is 4.82. The molecule has 2 rings (SSSR count). The molecule has 1 heterocycles. The second-order valence-corrected chi connectivity index (χ2v) is 6.81. The molecule has 21 heavy (non-hydrogen) atoms. The van der Waals surface area contributed by atoms with Crippen LogP contribution in [0.5, 0.6) is 0 Å². The minimum atomic E-state index is -3.93. The van der Waals surface area contributed by atoms with E-state index in [1.807, 2.05) is 11.6 Å². The number of hydrogen-bond acceptors (Lipinski definition) is 4. The van der Waals surface area contributed by atoms with E-state index >= 15 is 0 Å². The van der Waals surface area contributed by atoms with Crippen LogP contribution in [-0.4, -0.2) is 51.9 Å². The van der Waals surface area contributed by atoms with Gasteiger partial charge in [-0.3, -0.25) is 4.79 Å². The molecule has 1 atom stereocenters. The number of sulfonamides is 1. The van der Waals surface area contributed by atoms with Crippen molar-refractivity contribution in [2.75, 3.05) is 26.7 Å². The van der Waals surface area contributed by atoms with Gasteiger partial charge in [-0.05, 0) is 32.2 Å². The van der Waals surface area contributed by atoms with Crippen LogP contribution < -0.4 is 10.0 Å². The van der Waals surface area contributed by atoms with E-state index in [0.29, 0.717) is 19.6 Å². The highest BCUT2D eigenvalue weighted by Gasteiger charge is 2.24. The predicted octanol–water partition coefficient (Wildman–Crippen LogP) is 0.168. The molecule has 1 fully saturated rings. The topological polar surface area (TPSA) is 78.5 Å². The summed E-state index contributed by atoms with van der Waals surface area (Å²) in [4.78, 5) is 13.5. The molecule has 1 aliphatic rings. The number of benzene rings is 1. The minimum Gasteiger partial charge on any atom is -0.336 e. The fourth-order valence-electron chi connectivity index (χ4n) is 2.25. The lowest BCUT2D eigenvalue weighted by Gasteiger charge is -2.32. The summed E-state index contributed by atoms with van der Waals surface area (Å²) in [7, 11) is -2.74. The number of nitrogens with zero attached hydrogens (tertiary/aromatic N) is 1. The highest BCUT2D eigenvalue weighted by molar-refractivity contribution is 7.89. The van der Waals surface area contributed by atoms with Crippen LogP contribution in [0.2, 0.25) is 0 Å². The first kappa shape index (κ1) is 15.9. The Hall–Kier alpha value is -1.51. The molecule has 1 aromatic rings. The number of halogens is 1. The van der Waals surface area contributed by atoms with E-state index < -0.39 is 20.7 Å². The average Bonchev–Trinajstić information content (AvgIpc) is 2.47. The first-order valence-electron chi connectivity index (χ1n) is 6.61. The molecule has 0 aliphatic carbocycles. The molecule has 1 aliphatic heterocycles. The van der Waals surface area contributed by atoms with Gasteiger partial charge in [-0.2, -0.15) is 0 Å². The molecule has 0 bridgehead atoms. The summed E-state index contributed by atoms with van der Waals surface area (Å²) in [6.07, 6.45) is 0. The molecule has 1 saturated heterocycles. The Bertz CT molecular complexity index is 648. The zero-order chi connectivity index (χ0) is 15.6. The summed E-state index contributed by atoms with van der Waals surface area (Å²) >= 11 is 0. The molecule has 1 aromatic carbocycles. The van der Waals surface area contributed by atoms with Crippen molar-refractivity contribution in [1.29, 1.82) is 0 Å². The summed E-state index contributed by atoms with van der Waals surface area (Å²) in [6.45, 7) is 3.70. The Morgan fingerprint density at radius 2 is 2.19 bits per heavy atom. The number of piperazine rings is 1. The number of amides is 1. The van der Waals surface area contributed by atoms with Crippen molar-refractivity contribution in [3.05, 3.63) is 29.6 Å². The molecular formula is C13H18FN3O3S. The molecule has 0 unspecified atom stereocenters. The van der Waals surface area contributed by atoms with Crippen LogP contribution >= 0.6 is 0 Å². The maximum atomic E-state index is 13.7. The fourth-order valence-corrected chi connectivity index (χ4v) is 3.08. The molecule has 0 spiro atoms. The summed E-state index contributed by atoms with van der Waals surface area (Å²) in [5, 5.41) is 3.21. The SMILES string of the molecule is CNS(=O)(=O)c1cc(C(=O)N2CCN[C@H](C)C2)ccc1F. The molecule has 0 radical (unpaired) electrons. The Morgan fingerprint density at radius 3 is 2.81 bits per heavy atom. The van der Waals surface area contributed by atoms with Crippen LogP contribution in [0.4, 0.5) is 4.39 Å². The highest BCUT2D eigenvalue weighted by atomic mass is 32.2. The van der Waals surface area contributed by atoms with Crippen molar-refractivity contribution in [3.8, 4) is 0 Å². The Kier molecular flexibility index (Phi) is 4.60. The lowest BCUT2D eigenvalue weighted by Crippen LogP contribution is -2.51. The van der Waals surface area contributed by atoms with Crippen LogP contribution in [0, 0.1) is 5.82 Å². The molecule has 0 aromatic heterocycles. The number of carbonyl (C=O) groups is 1. The second kappa shape index (κ2) is 6.08. The molecule has 2 N–H and O–H groups in total. The standard InChI is InChI=1S/C13H18FN3O3S/c1-9-8-17(6-5-16-9)13(18)10-3-4-11(14)12(7-10)21(19,20)15-2/h3-4,7,9,15-16H,5-6,8H2,1-2H3/t9-/m1/s1. The minimum absolute atomic E-state index is 0.166. The van der Waals surface area contributed by atoms with Gasteiger partial charge in [-0.1, -0.05) is 0 Å². The van der Waals surface area contributed by atoms with Crippen molar-refractivity contribution < 1.29 is 17.6 Å². The van der Waals surface area contributed by atoms with Crippen LogP contribution in [0.15, 0.2) is 23.1 Å². The highest BCUT2D eigenvalue weighted by Crippen LogP contribution is 2.18. The molecular weight excluding hydrogens is 297 g/mol. The van der Waals surface area contributed by atoms with E-state index in [-0.39, 0.29) is 17.5 Å². The van der Waals surface area contributed by atoms with Crippen LogP contribution in [0.25, 0.3) is 0 Å². The number of nitrogens with one attached hydrogen (secondary N) is 2. The van der Waals surface area contributed by atoms with E-state index in [1.54, 1.807) is 4.90 Å². The maximum Gasteiger partial charge on any atom is 0.253 e. The monoisotopic (exact) mass is 315 g/mol. The molecule has 0 saturated carbocycles. The lowest BCUT2D eigenvalue weighted by atomic mass is 10.1. The van der Waals surface area contributed by atoms with Crippen molar-refractivity contribution in [2.45, 2.75) is 17.9 Å². The van der Waals surface area contributed by atoms with Gasteiger partial charge in [-0.15, -0.1) is 0 Å². The summed E-state index contributed by atoms with van der Waals surface area (Å²) in [6, 6.07) is 3.56. The maximum absolute atomic E-state index is 13.7. The van der Waals surface area contributed by atoms with E-state index in [9.17, 15) is 17.6 Å². The van der Waals surface area contributed by atoms with Crippen molar-refractivity contribution >= 4 is 15.9 Å². The molecule has 1 amide bonds. The Morgan fingerprint density at radius 1 is 1.48 bits per heavy atom. The van der Waals surface area contributed by atoms with Gasteiger partial charge < -0.3 is 10.2 Å². The Labute approximate surface area is 123 Å². The number of carbonyl (C=O) groups excluding carboxylic acids is 1. The van der Waals surface area contributed by atoms with E-state index in [4.69, 9.17) is 0 Å². The van der Waals surface area contributed by atoms with E-state index in [0.717, 1.165) is 12.1 Å². The van der Waals surface area contributed by atoms with Crippen molar-refractivity contribution in [1.82, 2.24) is 14.9 Å². The van der Waals surface area contributed by atoms with Gasteiger partial charge in [-0.25, -0.2) is 17.5 Å². The van der Waals surface area contributed by atoms with Crippen molar-refractivity contribution in [2.24, 2.45) is 0 Å². The zero-order valence-electron chi connectivity index (χ0n) is 11.9. The number of rotatable bonds is 3. The zero-order valence-corrected chi connectivity index (χ0v) is 12.7. The fraction of sp³-hybridized carbons (Fsp3) is 0.462. The largest absolute Gasteiger partial charge is 0.336 e. The van der Waals surface area contributed by atoms with Gasteiger partial charge in [0.1, 0.15) is 10.7 Å². The van der Waals surface area contributed by atoms with E-state index in [1.165, 1.54) is 13.1 Å². The summed E-state index contributed by atoms with van der Waals surface area (Å²) in [5.41, 5.74) is 0.166. The van der Waals surface area contributed by atoms with E-state index in [2.05, 4.69) is 5.32 Å². The summed E-state index contributed by atoms with van der Waals surface area (Å²) < 4.78 is 39.2. The smallest absolute Gasteiger partial charge is 0.253 e. The van der Waals surface area contributed by atoms with Crippen LogP contribution in [0.1, 0.15) is 17.3 Å². The normalized spacial score (nSPS) is 19.6. The third-order valence-electron chi connectivity index (χ3n) is 3.39. The van der Waals surface area contributed by atoms with Gasteiger partial charge in [0.05, 0.1) is 0 Å². The van der Waals surface area contributed by atoms with Crippen molar-refractivity contribution in [3.63, 3.8) is 0 Å². The first-order chi connectivity index (χ1) is 9.85. The number of hydrogen-bond donors (Lipinski definition) is 2. The van der Waals surface area contributed by atoms with Gasteiger partial charge in [0, 0.05) is 31.2 Å². The third kappa shape index (κ3) is 3.39. The molecule has 116 valence electrons. The predicted molar refractivity (Wildman–Crippen MR) is 76.0 cm³/mol. The van der Waals surface area contributed by atoms with Gasteiger partial charge in [0.25, 0.3) is 5.91 Å². The van der Waals surface area contributed by atoms with Gasteiger partial charge in [0.2, 0.25) is 10.0 Å². The first-order valence-corrected chi connectivity index (χ1v) is 8.09. The lowest BCUT2D eigenvalue weighted by molar-refractivity contribution is 0.0708. The average molecular weight is 315 g/mol.